The Morgan fingerprint density at radius 2 is 0.486 bits per heavy atom. The molecule has 0 spiro atoms. The van der Waals surface area contributed by atoms with Crippen molar-refractivity contribution in [2.75, 3.05) is 0 Å². The fourth-order valence-corrected chi connectivity index (χ4v) is 8.75. The van der Waals surface area contributed by atoms with Crippen molar-refractivity contribution in [3.63, 3.8) is 0 Å². The van der Waals surface area contributed by atoms with Crippen LogP contribution in [0.3, 0.4) is 0 Å². The largest absolute Gasteiger partial charge is 0.516 e. The lowest BCUT2D eigenvalue weighted by atomic mass is 10.2. The van der Waals surface area contributed by atoms with Crippen LogP contribution in [-0.4, -0.2) is 117 Å². The van der Waals surface area contributed by atoms with Crippen molar-refractivity contribution in [1.29, 1.82) is 0 Å². The quantitative estimate of drug-likeness (QED) is 0.0133. The van der Waals surface area contributed by atoms with Gasteiger partial charge in [0.15, 0.2) is 0 Å². The first kappa shape index (κ1) is 125. The maximum Gasteiger partial charge on any atom is 0.516 e. The highest BCUT2D eigenvalue weighted by Crippen LogP contribution is 2.37. The third-order valence-corrected chi connectivity index (χ3v) is 16.6. The van der Waals surface area contributed by atoms with Gasteiger partial charge in [-0.1, -0.05) is 232 Å². The molecule has 0 radical (unpaired) electrons. The summed E-state index contributed by atoms with van der Waals surface area (Å²) in [6.07, 6.45) is -26.5. The molecule has 0 aliphatic heterocycles. The number of carbonyl (C=O) groups is 12. The summed E-state index contributed by atoms with van der Waals surface area (Å²) >= 11 is 0. The van der Waals surface area contributed by atoms with E-state index in [0.29, 0.717) is 23.3 Å². The number of hydrogen-bond acceptors (Lipinski definition) is 32. The number of aryl methyl sites for hydroxylation is 3. The molecule has 0 unspecified atom stereocenters. The molecule has 32 nitrogen and oxygen atoms in total. The predicted octanol–water partition coefficient (Wildman–Crippen LogP) is 23.7. The van der Waals surface area contributed by atoms with Gasteiger partial charge in [-0.25, -0.2) is 28.8 Å². The molecule has 0 saturated heterocycles. The van der Waals surface area contributed by atoms with E-state index < -0.39 is 175 Å². The number of esters is 6. The van der Waals surface area contributed by atoms with Gasteiger partial charge in [0, 0.05) is 35.5 Å². The molecule has 0 aliphatic carbocycles. The molecular formula is C97H123F9O32. The Labute approximate surface area is 795 Å². The van der Waals surface area contributed by atoms with Crippen molar-refractivity contribution >= 4 is 78.9 Å². The number of ether oxygens (including phenoxy) is 18. The zero-order valence-electron chi connectivity index (χ0n) is 81.7. The molecule has 0 amide bonds. The number of benzene rings is 6. The predicted molar refractivity (Wildman–Crippen MR) is 473 cm³/mol. The second-order valence-corrected chi connectivity index (χ2v) is 33.6. The van der Waals surface area contributed by atoms with Gasteiger partial charge < -0.3 is 85.3 Å². The Hall–Kier alpha value is -13.5. The molecule has 0 fully saturated rings. The van der Waals surface area contributed by atoms with Gasteiger partial charge in [-0.15, -0.1) is 0 Å². The Kier molecular flexibility index (Phi) is 55.6. The molecular weight excluding hydrogens is 1850 g/mol. The molecule has 0 N–H and O–H groups in total. The van der Waals surface area contributed by atoms with Gasteiger partial charge in [-0.2, -0.15) is 49.1 Å². The first-order chi connectivity index (χ1) is 63.8. The molecule has 0 aromatic heterocycles. The van der Waals surface area contributed by atoms with Crippen LogP contribution in [0.5, 0.6) is 34.5 Å². The van der Waals surface area contributed by atoms with Crippen LogP contribution in [0.25, 0.3) is 0 Å². The Bertz CT molecular complexity index is 4820. The van der Waals surface area contributed by atoms with Crippen LogP contribution >= 0.6 is 0 Å². The third kappa shape index (κ3) is 52.0. The molecule has 41 heteroatoms. The van der Waals surface area contributed by atoms with E-state index in [0.717, 1.165) is 65.2 Å². The van der Waals surface area contributed by atoms with Crippen LogP contribution in [0.2, 0.25) is 0 Å². The van der Waals surface area contributed by atoms with E-state index >= 15 is 0 Å². The normalized spacial score (nSPS) is 12.3. The van der Waals surface area contributed by atoms with Gasteiger partial charge in [0.25, 0.3) is 37.7 Å². The standard InChI is InChI=1S/3C16H19F3O5.3C16H22O5.CO2/c1-9(2)13(20)23-14(10(3)4)24-15(21)22-12-7-5-11(6-8-12)16(17,18)19;1-9(2)13(20)23-14(10(3)4)24-15(21)22-12-7-5-6-11(8-12)16(17,18)19;1-9(2)13(20)23-14(10(3)4)24-15(21)22-12-8-6-5-7-11(12)16(17,18)19;1-10(2)14(17)20-15(11(3)4)21-16(18)19-13-8-6-12(5)7-9-13;1-10(2)14(17)20-15(11(3)4)21-16(18)19-13-8-6-7-12(5)9-13;1-10(2)14(17)20-15(11(3)4)21-16(18)19-13-9-7-6-8-12(13)5;2-1-3/h3*5-10,14H,1-4H3;3*6-11,15H,1-5H3;/t3*14-;3*15-;/m000000./s1. The van der Waals surface area contributed by atoms with Crippen molar-refractivity contribution in [3.8, 4) is 34.5 Å². The highest BCUT2D eigenvalue weighted by atomic mass is 19.4. The van der Waals surface area contributed by atoms with E-state index in [1.807, 2.05) is 51.1 Å². The lowest BCUT2D eigenvalue weighted by molar-refractivity contribution is -0.192. The molecule has 0 saturated carbocycles. The zero-order valence-corrected chi connectivity index (χ0v) is 81.7. The van der Waals surface area contributed by atoms with Crippen molar-refractivity contribution in [1.82, 2.24) is 0 Å². The minimum absolute atomic E-state index is 0.120. The van der Waals surface area contributed by atoms with Gasteiger partial charge in [0.2, 0.25) is 0 Å². The van der Waals surface area contributed by atoms with Crippen molar-refractivity contribution in [2.45, 2.75) is 243 Å². The Morgan fingerprint density at radius 1 is 0.239 bits per heavy atom. The summed E-state index contributed by atoms with van der Waals surface area (Å²) in [6, 6.07) is 32.7. The number of rotatable bonds is 30. The molecule has 6 rings (SSSR count). The van der Waals surface area contributed by atoms with Gasteiger partial charge in [-0.05, 0) is 117 Å². The summed E-state index contributed by atoms with van der Waals surface area (Å²) in [4.78, 5) is 156. The van der Waals surface area contributed by atoms with E-state index in [1.165, 1.54) is 18.2 Å². The Morgan fingerprint density at radius 3 is 0.754 bits per heavy atom. The summed E-state index contributed by atoms with van der Waals surface area (Å²) in [5.41, 5.74) is -0.0980. The van der Waals surface area contributed by atoms with Crippen LogP contribution in [0.4, 0.5) is 68.3 Å². The van der Waals surface area contributed by atoms with Crippen LogP contribution in [-0.2, 0) is 114 Å². The molecule has 6 aromatic carbocycles. The number of para-hydroxylation sites is 2. The summed E-state index contributed by atoms with van der Waals surface area (Å²) in [5, 5.41) is 0. The zero-order chi connectivity index (χ0) is 106. The number of hydrogen-bond donors (Lipinski definition) is 0. The molecule has 6 atom stereocenters. The third-order valence-electron chi connectivity index (χ3n) is 16.6. The smallest absolute Gasteiger partial charge is 0.425 e. The number of alkyl halides is 9. The lowest BCUT2D eigenvalue weighted by Gasteiger charge is -2.22. The van der Waals surface area contributed by atoms with E-state index in [1.54, 1.807) is 209 Å². The minimum Gasteiger partial charge on any atom is -0.425 e. The topological polar surface area (TPSA) is 405 Å². The average molecular weight is 1970 g/mol. The van der Waals surface area contributed by atoms with Gasteiger partial charge in [0.05, 0.1) is 52.2 Å². The fourth-order valence-electron chi connectivity index (χ4n) is 8.75. The number of carbonyl (C=O) groups excluding carboxylic acids is 14. The summed E-state index contributed by atoms with van der Waals surface area (Å²) in [5.74, 6) is -6.66. The van der Waals surface area contributed by atoms with E-state index in [4.69, 9.17) is 90.1 Å². The average Bonchev–Trinajstić information content (AvgIpc) is 0.831. The SMILES string of the molecule is CC(C)C(=O)O[C@@H](OC(=O)Oc1ccc(C(F)(F)F)cc1)C(C)C.CC(C)C(=O)O[C@@H](OC(=O)Oc1cccc(C(F)(F)F)c1)C(C)C.CC(C)C(=O)O[C@@H](OC(=O)Oc1ccccc1C(F)(F)F)C(C)C.Cc1ccc(OC(=O)O[C@H](OC(=O)C(C)C)C(C)C)cc1.Cc1cccc(OC(=O)O[C@H](OC(=O)C(C)C)C(C)C)c1.Cc1ccccc1OC(=O)O[C@H](OC(=O)C(C)C)C(C)C.O=C=O. The summed E-state index contributed by atoms with van der Waals surface area (Å²) in [6.45, 7) is 46.2. The Balaban J connectivity index is 0.00000162. The molecule has 0 bridgehead atoms. The monoisotopic (exact) mass is 1970 g/mol. The molecule has 0 heterocycles. The van der Waals surface area contributed by atoms with E-state index in [-0.39, 0.29) is 65.0 Å². The lowest BCUT2D eigenvalue weighted by Crippen LogP contribution is -2.32. The highest BCUT2D eigenvalue weighted by Gasteiger charge is 2.38. The van der Waals surface area contributed by atoms with Crippen LogP contribution < -0.4 is 28.4 Å². The van der Waals surface area contributed by atoms with Crippen molar-refractivity contribution in [2.24, 2.45) is 71.0 Å². The molecule has 6 aromatic rings. The van der Waals surface area contributed by atoms with Crippen LogP contribution in [0.15, 0.2) is 146 Å². The van der Waals surface area contributed by atoms with E-state index in [2.05, 4.69) is 4.74 Å². The minimum atomic E-state index is -4.68. The highest BCUT2D eigenvalue weighted by molar-refractivity contribution is 5.75. The molecule has 0 aliphatic rings. The fraction of sp³-hybridized carbons (Fsp3) is 0.495. The summed E-state index contributed by atoms with van der Waals surface area (Å²) < 4.78 is 203. The van der Waals surface area contributed by atoms with Gasteiger partial charge in [0.1, 0.15) is 34.5 Å². The van der Waals surface area contributed by atoms with E-state index in [9.17, 15) is 97.0 Å². The molecule has 766 valence electrons. The van der Waals surface area contributed by atoms with Crippen molar-refractivity contribution in [3.05, 3.63) is 179 Å². The summed E-state index contributed by atoms with van der Waals surface area (Å²) in [7, 11) is 0. The number of halogens is 9. The second kappa shape index (κ2) is 61.6. The van der Waals surface area contributed by atoms with Gasteiger partial charge in [-0.3, -0.25) is 28.8 Å². The second-order valence-electron chi connectivity index (χ2n) is 33.6. The van der Waals surface area contributed by atoms with Gasteiger partial charge >= 0.3 is 97.4 Å². The maximum absolute atomic E-state index is 12.8. The first-order valence-electron chi connectivity index (χ1n) is 43.1. The van der Waals surface area contributed by atoms with Crippen LogP contribution in [0, 0.1) is 91.8 Å². The molecule has 138 heavy (non-hydrogen) atoms. The first-order valence-corrected chi connectivity index (χ1v) is 43.1. The van der Waals surface area contributed by atoms with Crippen LogP contribution in [0.1, 0.15) is 200 Å². The van der Waals surface area contributed by atoms with Crippen molar-refractivity contribution < 1.29 is 192 Å². The maximum atomic E-state index is 12.8.